The van der Waals surface area contributed by atoms with Gasteiger partial charge in [-0.25, -0.2) is 0 Å². The van der Waals surface area contributed by atoms with E-state index in [4.69, 9.17) is 5.11 Å². The summed E-state index contributed by atoms with van der Waals surface area (Å²) in [6, 6.07) is -12.6. The predicted molar refractivity (Wildman–Crippen MR) is 451 cm³/mol. The zero-order chi connectivity index (χ0) is 91.1. The van der Waals surface area contributed by atoms with Crippen LogP contribution in [0, 0.1) is 0 Å². The molecule has 0 aromatic rings. The van der Waals surface area contributed by atoms with Gasteiger partial charge in [0.05, 0.1) is 45.3 Å². The molecular formula is C84H123N21O22S. The number of hydrogen-bond acceptors (Lipinski definition) is 23. The molecule has 0 saturated carbocycles. The van der Waals surface area contributed by atoms with Crippen LogP contribution in [0.25, 0.3) is 0 Å². The number of carbonyl (C=O) groups is 21. The van der Waals surface area contributed by atoms with Crippen molar-refractivity contribution in [3.63, 3.8) is 0 Å². The summed E-state index contributed by atoms with van der Waals surface area (Å²) in [5, 5.41) is 33.3. The van der Waals surface area contributed by atoms with Gasteiger partial charge in [-0.1, -0.05) is 0 Å². The average Bonchev–Trinajstić information content (AvgIpc) is 1.66. The van der Waals surface area contributed by atoms with Gasteiger partial charge in [-0.05, 0) is 192 Å². The molecule has 13 rings (SSSR count). The second kappa shape index (κ2) is 43.5. The van der Waals surface area contributed by atoms with Crippen molar-refractivity contribution < 1.29 is 106 Å². The Hall–Kier alpha value is -10.8. The third-order valence-corrected chi connectivity index (χ3v) is 28.3. The van der Waals surface area contributed by atoms with Crippen LogP contribution in [0.2, 0.25) is 0 Å². The molecule has 128 heavy (non-hydrogen) atoms. The molecule has 0 spiro atoms. The number of aliphatic carboxylic acids is 1. The highest BCUT2D eigenvalue weighted by molar-refractivity contribution is 7.98. The molecule has 0 radical (unpaired) electrons. The van der Waals surface area contributed by atoms with Crippen molar-refractivity contribution in [3.8, 4) is 0 Å². The summed E-state index contributed by atoms with van der Waals surface area (Å²) in [6.45, 7) is -0.0853. The molecule has 10 N–H and O–H groups in total. The van der Waals surface area contributed by atoms with E-state index < -0.39 is 236 Å². The Bertz CT molecular complexity index is 4290. The number of rotatable bonds is 32. The monoisotopic (exact) mass is 1810 g/mol. The van der Waals surface area contributed by atoms with Gasteiger partial charge in [-0.3, -0.25) is 101 Å². The molecule has 44 heteroatoms. The third-order valence-electron chi connectivity index (χ3n) is 27.7. The molecule has 13 saturated heterocycles. The Morgan fingerprint density at radius 3 is 0.758 bits per heavy atom. The summed E-state index contributed by atoms with van der Waals surface area (Å²) in [7, 11) is 0. The standard InChI is InChI=1S/C84H123N21O22S/c1-128-42-28-51(93-64(106)43-86-71(114)54-18-5-37-101(54)80(123)59-23-10-30-94(59)65(107)44-87-72(115)52-16-3-35-99(52)78(121)50-15-2-29-85-50)79(122)100-36-4-17-53(100)73(116)88-45-66(108)95-31-11-24-60(95)81(124)102-38-6-19-55(102)74(117)89-46-67(109)96-32-12-25-61(96)82(125)103-39-7-20-56(103)75(118)90-47-68(110)97-33-13-26-62(97)83(126)104-40-8-21-57(104)76(119)91-48-69(111)98-34-14-27-63(98)84(127)105-41-9-22-58(105)77(120)92-49-70(112)113/h50-63,85H,2-49H2,1H3,(H,86,114)(H,87,115)(H,88,116)(H,89,117)(H,90,118)(H,91,119)(H,92,120)(H,93,106)(H,112,113)/t50-,51-,52-,53-,54-,55-,56-,57-,58-,59-,60-,61-,62-,63-/m0/s1. The first-order chi connectivity index (χ1) is 61.6. The molecule has 13 fully saturated rings. The van der Waals surface area contributed by atoms with Crippen molar-refractivity contribution in [2.45, 2.75) is 258 Å². The van der Waals surface area contributed by atoms with E-state index in [1.807, 2.05) is 6.26 Å². The molecule has 20 amide bonds. The van der Waals surface area contributed by atoms with Crippen LogP contribution in [-0.2, 0) is 101 Å². The van der Waals surface area contributed by atoms with Gasteiger partial charge in [-0.2, -0.15) is 11.8 Å². The molecule has 0 aliphatic carbocycles. The van der Waals surface area contributed by atoms with Crippen LogP contribution in [0.3, 0.4) is 0 Å². The SMILES string of the molecule is CSCC[C@H](NC(=O)CNC(=O)[C@@H]1CCCN1C(=O)[C@@H]1CCCN1C(=O)CNC(=O)[C@@H]1CCCN1C(=O)[C@@H]1CCCN1)C(=O)N1CCC[C@H]1C(=O)NCC(=O)N1CCC[C@H]1C(=O)N1CCC[C@H]1C(=O)NCC(=O)N1CCC[C@H]1C(=O)N1CCC[C@H]1C(=O)NCC(=O)N1CCC[C@H]1C(=O)N1CCC[C@H]1C(=O)NCC(=O)N1CCC[C@H]1C(=O)N1CCC[C@H]1C(=O)NCC(=O)O. The Morgan fingerprint density at radius 2 is 0.508 bits per heavy atom. The second-order valence-corrected chi connectivity index (χ2v) is 36.5. The Kier molecular flexibility index (Phi) is 32.2. The topological polar surface area (TPSA) is 526 Å². The minimum atomic E-state index is -1.23. The van der Waals surface area contributed by atoms with Gasteiger partial charge in [0.1, 0.15) is 85.1 Å². The van der Waals surface area contributed by atoms with Crippen molar-refractivity contribution in [1.82, 2.24) is 107 Å². The Balaban J connectivity index is 0.520. The zero-order valence-corrected chi connectivity index (χ0v) is 73.6. The highest BCUT2D eigenvalue weighted by Gasteiger charge is 2.51. The van der Waals surface area contributed by atoms with Gasteiger partial charge >= 0.3 is 5.97 Å². The number of hydrogen-bond donors (Lipinski definition) is 10. The summed E-state index contributed by atoms with van der Waals surface area (Å²) in [4.78, 5) is 305. The van der Waals surface area contributed by atoms with Crippen LogP contribution in [0.4, 0.5) is 0 Å². The number of carbonyl (C=O) groups excluding carboxylic acids is 20. The molecule has 14 atom stereocenters. The summed E-state index contributed by atoms with van der Waals surface area (Å²) in [6.07, 6.45) is 13.0. The van der Waals surface area contributed by atoms with Crippen molar-refractivity contribution in [1.29, 1.82) is 0 Å². The first-order valence-corrected chi connectivity index (χ1v) is 47.3. The maximum Gasteiger partial charge on any atom is 0.322 e. The maximum absolute atomic E-state index is 14.5. The number of amides is 20. The molecule has 0 unspecified atom stereocenters. The van der Waals surface area contributed by atoms with Gasteiger partial charge in [0, 0.05) is 78.5 Å². The molecule has 13 heterocycles. The van der Waals surface area contributed by atoms with E-state index in [-0.39, 0.29) is 142 Å². The highest BCUT2D eigenvalue weighted by atomic mass is 32.2. The van der Waals surface area contributed by atoms with Gasteiger partial charge < -0.3 is 112 Å². The molecule has 13 aliphatic rings. The van der Waals surface area contributed by atoms with Crippen LogP contribution in [0.15, 0.2) is 0 Å². The van der Waals surface area contributed by atoms with Crippen molar-refractivity contribution in [2.24, 2.45) is 0 Å². The molecule has 0 aromatic heterocycles. The van der Waals surface area contributed by atoms with Gasteiger partial charge in [0.25, 0.3) is 0 Å². The van der Waals surface area contributed by atoms with Crippen LogP contribution >= 0.6 is 11.8 Å². The molecular weight excluding hydrogens is 1690 g/mol. The lowest BCUT2D eigenvalue weighted by atomic mass is 10.1. The minimum absolute atomic E-state index is 0.126. The number of carboxylic acids is 1. The minimum Gasteiger partial charge on any atom is -0.480 e. The fourth-order valence-corrected chi connectivity index (χ4v) is 21.7. The maximum atomic E-state index is 14.5. The quantitative estimate of drug-likeness (QED) is 0.0300. The first-order valence-electron chi connectivity index (χ1n) is 45.9. The third kappa shape index (κ3) is 21.7. The van der Waals surface area contributed by atoms with Gasteiger partial charge in [0.15, 0.2) is 0 Å². The van der Waals surface area contributed by atoms with E-state index in [1.165, 1.54) is 65.7 Å². The number of nitrogens with zero attached hydrogens (tertiary/aromatic N) is 12. The van der Waals surface area contributed by atoms with Gasteiger partial charge in [0.2, 0.25) is 118 Å². The molecule has 13 aliphatic heterocycles. The lowest BCUT2D eigenvalue weighted by molar-refractivity contribution is -0.148. The zero-order valence-electron chi connectivity index (χ0n) is 72.8. The van der Waals surface area contributed by atoms with E-state index >= 15 is 0 Å². The fourth-order valence-electron chi connectivity index (χ4n) is 21.2. The van der Waals surface area contributed by atoms with E-state index in [9.17, 15) is 101 Å². The highest BCUT2D eigenvalue weighted by Crippen LogP contribution is 2.33. The number of carboxylic acid groups (broad SMARTS) is 1. The second-order valence-electron chi connectivity index (χ2n) is 35.5. The number of thioether (sulfide) groups is 1. The largest absolute Gasteiger partial charge is 0.480 e. The summed E-state index contributed by atoms with van der Waals surface area (Å²) < 4.78 is 0. The van der Waals surface area contributed by atoms with E-state index in [0.717, 1.165) is 13.0 Å². The summed E-state index contributed by atoms with van der Waals surface area (Å²) >= 11 is 1.42. The number of likely N-dealkylation sites (tertiary alicyclic amines) is 12. The predicted octanol–water partition coefficient (Wildman–Crippen LogP) is -6.23. The van der Waals surface area contributed by atoms with E-state index in [2.05, 4.69) is 47.9 Å². The van der Waals surface area contributed by atoms with Crippen LogP contribution in [0.1, 0.15) is 173 Å². The molecule has 0 bridgehead atoms. The number of nitrogens with one attached hydrogen (secondary N) is 9. The molecule has 702 valence electrons. The van der Waals surface area contributed by atoms with Crippen molar-refractivity contribution in [2.75, 3.05) is 143 Å². The van der Waals surface area contributed by atoms with Crippen LogP contribution in [-0.4, -0.2) is 416 Å². The first kappa shape index (κ1) is 94.8. The van der Waals surface area contributed by atoms with Gasteiger partial charge in [-0.15, -0.1) is 0 Å². The molecule has 0 aromatic carbocycles. The Labute approximate surface area is 745 Å². The van der Waals surface area contributed by atoms with E-state index in [0.29, 0.717) is 128 Å². The summed E-state index contributed by atoms with van der Waals surface area (Å²) in [5.41, 5.74) is 0. The Morgan fingerprint density at radius 1 is 0.281 bits per heavy atom. The lowest BCUT2D eigenvalue weighted by Gasteiger charge is -2.32. The smallest absolute Gasteiger partial charge is 0.322 e. The normalized spacial score (nSPS) is 27.0. The average molecular weight is 1810 g/mol. The lowest BCUT2D eigenvalue weighted by Crippen LogP contribution is -2.57. The molecule has 43 nitrogen and oxygen atoms in total. The van der Waals surface area contributed by atoms with Crippen molar-refractivity contribution >= 4 is 136 Å². The summed E-state index contributed by atoms with van der Waals surface area (Å²) in [5.74, 6) is -11.2. The van der Waals surface area contributed by atoms with Crippen LogP contribution < -0.4 is 47.9 Å². The van der Waals surface area contributed by atoms with Crippen molar-refractivity contribution in [3.05, 3.63) is 0 Å². The van der Waals surface area contributed by atoms with Crippen LogP contribution in [0.5, 0.6) is 0 Å². The van der Waals surface area contributed by atoms with E-state index in [1.54, 1.807) is 4.90 Å². The fraction of sp³-hybridized carbons (Fsp3) is 0.750.